The smallest absolute Gasteiger partial charge is 0.240 e. The van der Waals surface area contributed by atoms with Gasteiger partial charge in [0.1, 0.15) is 0 Å². The Morgan fingerprint density at radius 3 is 2.48 bits per heavy atom. The molecule has 0 heterocycles. The van der Waals surface area contributed by atoms with Crippen LogP contribution in [0.4, 0.5) is 0 Å². The Labute approximate surface area is 137 Å². The third-order valence-electron chi connectivity index (χ3n) is 2.92. The van der Waals surface area contributed by atoms with Crippen LogP contribution in [0.3, 0.4) is 0 Å². The summed E-state index contributed by atoms with van der Waals surface area (Å²) in [5.41, 5.74) is 6.85. The summed E-state index contributed by atoms with van der Waals surface area (Å²) in [4.78, 5) is 0.138. The topological polar surface area (TPSA) is 72.2 Å². The van der Waals surface area contributed by atoms with Crippen molar-refractivity contribution in [1.29, 1.82) is 0 Å². The summed E-state index contributed by atoms with van der Waals surface area (Å²) in [7, 11) is -3.62. The molecule has 2 aromatic carbocycles. The molecule has 2 aromatic rings. The number of rotatable bonds is 5. The van der Waals surface area contributed by atoms with Crippen molar-refractivity contribution >= 4 is 37.6 Å². The third kappa shape index (κ3) is 4.28. The molecule has 2 rings (SSSR count). The van der Waals surface area contributed by atoms with Gasteiger partial charge >= 0.3 is 0 Å². The highest BCUT2D eigenvalue weighted by Crippen LogP contribution is 2.25. The van der Waals surface area contributed by atoms with Crippen molar-refractivity contribution in [2.75, 3.05) is 6.54 Å². The predicted octanol–water partition coefficient (Wildman–Crippen LogP) is 3.08. The van der Waals surface area contributed by atoms with Gasteiger partial charge in [0.15, 0.2) is 0 Å². The fraction of sp³-hybridized carbons (Fsp3) is 0.143. The lowest BCUT2D eigenvalue weighted by Crippen LogP contribution is -2.32. The second-order valence-corrected chi connectivity index (χ2v) is 7.47. The summed E-state index contributed by atoms with van der Waals surface area (Å²) in [6, 6.07) is 13.3. The molecule has 21 heavy (non-hydrogen) atoms. The van der Waals surface area contributed by atoms with Crippen molar-refractivity contribution in [2.45, 2.75) is 10.9 Å². The molecule has 0 radical (unpaired) electrons. The first kappa shape index (κ1) is 16.5. The highest BCUT2D eigenvalue weighted by atomic mass is 79.9. The van der Waals surface area contributed by atoms with Gasteiger partial charge in [0, 0.05) is 17.1 Å². The monoisotopic (exact) mass is 388 g/mol. The number of sulfonamides is 1. The molecule has 1 unspecified atom stereocenters. The fourth-order valence-corrected chi connectivity index (χ4v) is 3.48. The van der Waals surface area contributed by atoms with E-state index in [0.29, 0.717) is 9.50 Å². The average molecular weight is 390 g/mol. The van der Waals surface area contributed by atoms with E-state index in [-0.39, 0.29) is 11.4 Å². The first-order valence-electron chi connectivity index (χ1n) is 6.15. The van der Waals surface area contributed by atoms with Crippen molar-refractivity contribution in [3.63, 3.8) is 0 Å². The van der Waals surface area contributed by atoms with Crippen LogP contribution < -0.4 is 10.5 Å². The van der Waals surface area contributed by atoms with Gasteiger partial charge in [-0.1, -0.05) is 41.9 Å². The number of hydrogen-bond acceptors (Lipinski definition) is 3. The van der Waals surface area contributed by atoms with Crippen molar-refractivity contribution in [1.82, 2.24) is 4.72 Å². The summed E-state index contributed by atoms with van der Waals surface area (Å²) >= 11 is 9.06. The van der Waals surface area contributed by atoms with E-state index in [1.807, 2.05) is 30.3 Å². The largest absolute Gasteiger partial charge is 0.323 e. The number of halogens is 2. The molecule has 0 aliphatic rings. The Kier molecular flexibility index (Phi) is 5.40. The van der Waals surface area contributed by atoms with Crippen LogP contribution in [-0.2, 0) is 10.0 Å². The van der Waals surface area contributed by atoms with E-state index in [1.54, 1.807) is 0 Å². The minimum Gasteiger partial charge on any atom is -0.323 e. The van der Waals surface area contributed by atoms with Crippen LogP contribution >= 0.6 is 27.5 Å². The van der Waals surface area contributed by atoms with E-state index in [1.165, 1.54) is 18.2 Å². The van der Waals surface area contributed by atoms with Crippen LogP contribution in [0.2, 0.25) is 5.02 Å². The standard InChI is InChI=1S/C14H14BrClN2O2S/c15-12-8-11(6-7-13(12)16)21(19,20)18-9-14(17)10-4-2-1-3-5-10/h1-8,14,18H,9,17H2. The minimum absolute atomic E-state index is 0.118. The predicted molar refractivity (Wildman–Crippen MR) is 87.7 cm³/mol. The van der Waals surface area contributed by atoms with E-state index < -0.39 is 16.1 Å². The van der Waals surface area contributed by atoms with Crippen molar-refractivity contribution in [2.24, 2.45) is 5.73 Å². The highest BCUT2D eigenvalue weighted by Gasteiger charge is 2.17. The molecule has 0 bridgehead atoms. The van der Waals surface area contributed by atoms with Crippen LogP contribution in [0, 0.1) is 0 Å². The number of hydrogen-bond donors (Lipinski definition) is 2. The van der Waals surface area contributed by atoms with Gasteiger partial charge in [-0.3, -0.25) is 0 Å². The van der Waals surface area contributed by atoms with E-state index in [4.69, 9.17) is 17.3 Å². The first-order chi connectivity index (χ1) is 9.90. The Bertz CT molecular complexity index is 723. The summed E-state index contributed by atoms with van der Waals surface area (Å²) in [5.74, 6) is 0. The Balaban J connectivity index is 2.09. The van der Waals surface area contributed by atoms with Gasteiger partial charge in [-0.05, 0) is 39.7 Å². The van der Waals surface area contributed by atoms with E-state index in [2.05, 4.69) is 20.7 Å². The van der Waals surface area contributed by atoms with E-state index in [9.17, 15) is 8.42 Å². The van der Waals surface area contributed by atoms with Crippen molar-refractivity contribution < 1.29 is 8.42 Å². The number of nitrogens with two attached hydrogens (primary N) is 1. The lowest BCUT2D eigenvalue weighted by atomic mass is 10.1. The molecular weight excluding hydrogens is 376 g/mol. The first-order valence-corrected chi connectivity index (χ1v) is 8.81. The van der Waals surface area contributed by atoms with Gasteiger partial charge in [-0.25, -0.2) is 13.1 Å². The summed E-state index contributed by atoms with van der Waals surface area (Å²) < 4.78 is 27.4. The molecule has 0 aromatic heterocycles. The molecule has 0 saturated heterocycles. The maximum Gasteiger partial charge on any atom is 0.240 e. The van der Waals surface area contributed by atoms with Gasteiger partial charge in [0.2, 0.25) is 10.0 Å². The molecule has 0 amide bonds. The molecule has 4 nitrogen and oxygen atoms in total. The molecule has 1 atom stereocenters. The zero-order valence-electron chi connectivity index (χ0n) is 11.0. The van der Waals surface area contributed by atoms with Gasteiger partial charge in [-0.15, -0.1) is 0 Å². The van der Waals surface area contributed by atoms with Gasteiger partial charge in [-0.2, -0.15) is 0 Å². The SMILES string of the molecule is NC(CNS(=O)(=O)c1ccc(Cl)c(Br)c1)c1ccccc1. The maximum absolute atomic E-state index is 12.2. The Morgan fingerprint density at radius 2 is 1.86 bits per heavy atom. The zero-order chi connectivity index (χ0) is 15.5. The molecule has 0 spiro atoms. The molecular formula is C14H14BrClN2O2S. The van der Waals surface area contributed by atoms with Crippen molar-refractivity contribution in [3.8, 4) is 0 Å². The van der Waals surface area contributed by atoms with Crippen LogP contribution in [0.5, 0.6) is 0 Å². The van der Waals surface area contributed by atoms with Crippen LogP contribution in [0.25, 0.3) is 0 Å². The van der Waals surface area contributed by atoms with Crippen LogP contribution in [-0.4, -0.2) is 15.0 Å². The Morgan fingerprint density at radius 1 is 1.19 bits per heavy atom. The summed E-state index contributed by atoms with van der Waals surface area (Å²) in [6.45, 7) is 0.118. The molecule has 0 saturated carbocycles. The van der Waals surface area contributed by atoms with E-state index in [0.717, 1.165) is 5.56 Å². The molecule has 0 aliphatic heterocycles. The highest BCUT2D eigenvalue weighted by molar-refractivity contribution is 9.10. The van der Waals surface area contributed by atoms with Crippen LogP contribution in [0.15, 0.2) is 57.9 Å². The Hall–Kier alpha value is -0.920. The second-order valence-electron chi connectivity index (χ2n) is 4.44. The molecule has 0 aliphatic carbocycles. The average Bonchev–Trinajstić information content (AvgIpc) is 2.48. The van der Waals surface area contributed by atoms with Crippen molar-refractivity contribution in [3.05, 3.63) is 63.6 Å². The lowest BCUT2D eigenvalue weighted by Gasteiger charge is -2.13. The second kappa shape index (κ2) is 6.89. The van der Waals surface area contributed by atoms with Gasteiger partial charge in [0.05, 0.1) is 9.92 Å². The number of nitrogens with one attached hydrogen (secondary N) is 1. The number of benzene rings is 2. The van der Waals surface area contributed by atoms with Gasteiger partial charge in [0.25, 0.3) is 0 Å². The quantitative estimate of drug-likeness (QED) is 0.825. The van der Waals surface area contributed by atoms with Crippen LogP contribution in [0.1, 0.15) is 11.6 Å². The normalized spacial score (nSPS) is 13.1. The zero-order valence-corrected chi connectivity index (χ0v) is 14.1. The fourth-order valence-electron chi connectivity index (χ4n) is 1.74. The minimum atomic E-state index is -3.62. The summed E-state index contributed by atoms with van der Waals surface area (Å²) in [6.07, 6.45) is 0. The molecule has 112 valence electrons. The molecule has 3 N–H and O–H groups in total. The molecule has 7 heteroatoms. The maximum atomic E-state index is 12.2. The van der Waals surface area contributed by atoms with E-state index >= 15 is 0 Å². The third-order valence-corrected chi connectivity index (χ3v) is 5.56. The lowest BCUT2D eigenvalue weighted by molar-refractivity contribution is 0.572. The van der Waals surface area contributed by atoms with Gasteiger partial charge < -0.3 is 5.73 Å². The molecule has 0 fully saturated rings. The summed E-state index contributed by atoms with van der Waals surface area (Å²) in [5, 5.41) is 0.454.